The number of rotatable bonds is 0. The second-order valence-corrected chi connectivity index (χ2v) is 3.99. The van der Waals surface area contributed by atoms with Crippen LogP contribution in [0.5, 0.6) is 0 Å². The number of halogens is 1. The number of ketones is 1. The van der Waals surface area contributed by atoms with E-state index in [9.17, 15) is 4.79 Å². The van der Waals surface area contributed by atoms with Gasteiger partial charge in [-0.2, -0.15) is 0 Å². The molecule has 0 amide bonds. The molecule has 1 aliphatic rings. The molecule has 0 radical (unpaired) electrons. The third kappa shape index (κ3) is 2.41. The average molecular weight is 205 g/mol. The Labute approximate surface area is 70.3 Å². The molecule has 1 atom stereocenters. The van der Waals surface area contributed by atoms with Gasteiger partial charge in [-0.25, -0.2) is 0 Å². The fourth-order valence-corrected chi connectivity index (χ4v) is 1.85. The lowest BCUT2D eigenvalue weighted by molar-refractivity contribution is -0.118. The van der Waals surface area contributed by atoms with Gasteiger partial charge in [-0.15, -0.1) is 0 Å². The molecule has 0 aliphatic heterocycles. The van der Waals surface area contributed by atoms with Crippen molar-refractivity contribution in [1.82, 2.24) is 0 Å². The van der Waals surface area contributed by atoms with Gasteiger partial charge in [-0.1, -0.05) is 35.2 Å². The molecule has 0 aromatic carbocycles. The molecule has 0 bridgehead atoms. The van der Waals surface area contributed by atoms with Gasteiger partial charge >= 0.3 is 0 Å². The predicted molar refractivity (Wildman–Crippen MR) is 45.4 cm³/mol. The smallest absolute Gasteiger partial charge is 0.146 e. The molecular formula is C8H13BrO. The lowest BCUT2D eigenvalue weighted by Gasteiger charge is -2.11. The van der Waals surface area contributed by atoms with Crippen LogP contribution in [0.2, 0.25) is 0 Å². The van der Waals surface area contributed by atoms with Gasteiger partial charge in [0.05, 0.1) is 4.83 Å². The van der Waals surface area contributed by atoms with E-state index in [2.05, 4.69) is 15.9 Å². The second kappa shape index (κ2) is 4.12. The minimum absolute atomic E-state index is 0.160. The highest BCUT2D eigenvalue weighted by Crippen LogP contribution is 2.19. The molecule has 1 saturated carbocycles. The summed E-state index contributed by atoms with van der Waals surface area (Å²) in [4.78, 5) is 11.3. The van der Waals surface area contributed by atoms with Crippen LogP contribution < -0.4 is 0 Å². The monoisotopic (exact) mass is 204 g/mol. The molecule has 2 heteroatoms. The highest BCUT2D eigenvalue weighted by molar-refractivity contribution is 9.10. The van der Waals surface area contributed by atoms with Crippen molar-refractivity contribution in [3.8, 4) is 0 Å². The molecule has 0 heterocycles. The standard InChI is InChI=1S/C8H13BrO/c9-7-5-3-1-2-4-6-8(7)10/h7H,1-6H2/t7-/m1/s1. The third-order valence-corrected chi connectivity index (χ3v) is 2.95. The van der Waals surface area contributed by atoms with Gasteiger partial charge in [0.1, 0.15) is 5.78 Å². The topological polar surface area (TPSA) is 17.1 Å². The number of carbonyl (C=O) groups excluding carboxylic acids is 1. The normalized spacial score (nSPS) is 29.3. The zero-order chi connectivity index (χ0) is 7.40. The van der Waals surface area contributed by atoms with Crippen molar-refractivity contribution >= 4 is 21.7 Å². The molecular weight excluding hydrogens is 192 g/mol. The summed E-state index contributed by atoms with van der Waals surface area (Å²) < 4.78 is 0. The Hall–Kier alpha value is 0.150. The molecule has 0 aromatic heterocycles. The van der Waals surface area contributed by atoms with Crippen LogP contribution in [0.25, 0.3) is 0 Å². The summed E-state index contributed by atoms with van der Waals surface area (Å²) in [6.07, 6.45) is 6.68. The van der Waals surface area contributed by atoms with Crippen molar-refractivity contribution in [3.63, 3.8) is 0 Å². The van der Waals surface area contributed by atoms with E-state index in [1.807, 2.05) is 0 Å². The molecule has 1 rings (SSSR count). The van der Waals surface area contributed by atoms with Crippen LogP contribution in [-0.2, 0) is 4.79 Å². The van der Waals surface area contributed by atoms with Crippen LogP contribution in [-0.4, -0.2) is 10.6 Å². The van der Waals surface area contributed by atoms with Gasteiger partial charge in [-0.3, -0.25) is 4.79 Å². The molecule has 1 nitrogen and oxygen atoms in total. The summed E-state index contributed by atoms with van der Waals surface area (Å²) in [7, 11) is 0. The van der Waals surface area contributed by atoms with Crippen molar-refractivity contribution in [3.05, 3.63) is 0 Å². The maximum Gasteiger partial charge on any atom is 0.146 e. The molecule has 1 fully saturated rings. The van der Waals surface area contributed by atoms with Gasteiger partial charge in [-0.05, 0) is 12.8 Å². The van der Waals surface area contributed by atoms with E-state index in [-0.39, 0.29) is 4.83 Å². The SMILES string of the molecule is O=C1CCCCCC[C@H]1Br. The van der Waals surface area contributed by atoms with Crippen molar-refractivity contribution in [2.24, 2.45) is 0 Å². The van der Waals surface area contributed by atoms with Crippen LogP contribution in [0.1, 0.15) is 38.5 Å². The Morgan fingerprint density at radius 2 is 1.90 bits per heavy atom. The Bertz CT molecular complexity index is 122. The van der Waals surface area contributed by atoms with E-state index < -0.39 is 0 Å². The minimum atomic E-state index is 0.160. The van der Waals surface area contributed by atoms with Crippen LogP contribution in [0.15, 0.2) is 0 Å². The average Bonchev–Trinajstić information content (AvgIpc) is 1.92. The maximum atomic E-state index is 11.1. The molecule has 0 aromatic rings. The lowest BCUT2D eigenvalue weighted by atomic mass is 10.00. The molecule has 0 saturated heterocycles. The van der Waals surface area contributed by atoms with Gasteiger partial charge in [0.25, 0.3) is 0 Å². The first kappa shape index (κ1) is 8.25. The van der Waals surface area contributed by atoms with Gasteiger partial charge < -0.3 is 0 Å². The van der Waals surface area contributed by atoms with Crippen molar-refractivity contribution < 1.29 is 4.79 Å². The Morgan fingerprint density at radius 3 is 2.70 bits per heavy atom. The maximum absolute atomic E-state index is 11.1. The van der Waals surface area contributed by atoms with E-state index >= 15 is 0 Å². The van der Waals surface area contributed by atoms with Crippen LogP contribution in [0.4, 0.5) is 0 Å². The zero-order valence-corrected chi connectivity index (χ0v) is 7.69. The second-order valence-electron chi connectivity index (χ2n) is 2.89. The first-order chi connectivity index (χ1) is 4.80. The zero-order valence-electron chi connectivity index (χ0n) is 6.11. The fourth-order valence-electron chi connectivity index (χ4n) is 1.29. The fraction of sp³-hybridized carbons (Fsp3) is 0.875. The predicted octanol–water partition coefficient (Wildman–Crippen LogP) is 2.67. The van der Waals surface area contributed by atoms with Gasteiger partial charge in [0.15, 0.2) is 0 Å². The van der Waals surface area contributed by atoms with E-state index in [0.717, 1.165) is 19.3 Å². The highest BCUT2D eigenvalue weighted by Gasteiger charge is 2.15. The summed E-state index contributed by atoms with van der Waals surface area (Å²) in [5.41, 5.74) is 0. The Morgan fingerprint density at radius 1 is 1.20 bits per heavy atom. The van der Waals surface area contributed by atoms with Crippen LogP contribution >= 0.6 is 15.9 Å². The molecule has 0 spiro atoms. The van der Waals surface area contributed by atoms with E-state index in [4.69, 9.17) is 0 Å². The van der Waals surface area contributed by atoms with E-state index in [0.29, 0.717) is 5.78 Å². The van der Waals surface area contributed by atoms with E-state index in [1.54, 1.807) is 0 Å². The summed E-state index contributed by atoms with van der Waals surface area (Å²) in [5, 5.41) is 0. The molecule has 58 valence electrons. The summed E-state index contributed by atoms with van der Waals surface area (Å²) >= 11 is 3.39. The molecule has 0 unspecified atom stereocenters. The van der Waals surface area contributed by atoms with Crippen molar-refractivity contribution in [1.29, 1.82) is 0 Å². The number of alkyl halides is 1. The van der Waals surface area contributed by atoms with Crippen LogP contribution in [0, 0.1) is 0 Å². The Kier molecular flexibility index (Phi) is 3.40. The van der Waals surface area contributed by atoms with Gasteiger partial charge in [0, 0.05) is 6.42 Å². The van der Waals surface area contributed by atoms with Crippen molar-refractivity contribution in [2.75, 3.05) is 0 Å². The minimum Gasteiger partial charge on any atom is -0.298 e. The summed E-state index contributed by atoms with van der Waals surface area (Å²) in [6.45, 7) is 0. The Balaban J connectivity index is 2.35. The third-order valence-electron chi connectivity index (χ3n) is 1.98. The summed E-state index contributed by atoms with van der Waals surface area (Å²) in [5.74, 6) is 0.403. The highest BCUT2D eigenvalue weighted by atomic mass is 79.9. The molecule has 0 N–H and O–H groups in total. The first-order valence-electron chi connectivity index (χ1n) is 3.97. The van der Waals surface area contributed by atoms with Gasteiger partial charge in [0.2, 0.25) is 0 Å². The number of Topliss-reactive ketones (excluding diaryl/α,β-unsaturated/α-hetero) is 1. The molecule has 10 heavy (non-hydrogen) atoms. The van der Waals surface area contributed by atoms with E-state index in [1.165, 1.54) is 19.3 Å². The summed E-state index contributed by atoms with van der Waals surface area (Å²) in [6, 6.07) is 0. The first-order valence-corrected chi connectivity index (χ1v) is 4.89. The number of hydrogen-bond acceptors (Lipinski definition) is 1. The number of carbonyl (C=O) groups is 1. The van der Waals surface area contributed by atoms with Crippen molar-refractivity contribution in [2.45, 2.75) is 43.4 Å². The quantitative estimate of drug-likeness (QED) is 0.555. The number of hydrogen-bond donors (Lipinski definition) is 0. The largest absolute Gasteiger partial charge is 0.298 e. The molecule has 1 aliphatic carbocycles. The lowest BCUT2D eigenvalue weighted by Crippen LogP contribution is -2.15. The van der Waals surface area contributed by atoms with Crippen LogP contribution in [0.3, 0.4) is 0 Å².